The van der Waals surface area contributed by atoms with Gasteiger partial charge in [-0.3, -0.25) is 14.7 Å². The Morgan fingerprint density at radius 2 is 1.71 bits per heavy atom. The fourth-order valence-corrected chi connectivity index (χ4v) is 2.48. The Labute approximate surface area is 141 Å². The van der Waals surface area contributed by atoms with Gasteiger partial charge in [0.2, 0.25) is 5.91 Å². The molecule has 1 atom stereocenters. The Morgan fingerprint density at radius 1 is 1.17 bits per heavy atom. The third-order valence-electron chi connectivity index (χ3n) is 3.77. The summed E-state index contributed by atoms with van der Waals surface area (Å²) in [5.41, 5.74) is -0.318. The first-order valence-corrected chi connectivity index (χ1v) is 8.01. The summed E-state index contributed by atoms with van der Waals surface area (Å²) < 4.78 is 38.3. The minimum absolute atomic E-state index is 0.0725. The van der Waals surface area contributed by atoms with E-state index in [4.69, 9.17) is 0 Å². The summed E-state index contributed by atoms with van der Waals surface area (Å²) in [6.07, 6.45) is -4.22. The van der Waals surface area contributed by atoms with Crippen LogP contribution in [0.2, 0.25) is 0 Å². The highest BCUT2D eigenvalue weighted by Crippen LogP contribution is 2.25. The van der Waals surface area contributed by atoms with Crippen LogP contribution in [0.15, 0.2) is 4.99 Å². The second kappa shape index (κ2) is 8.04. The van der Waals surface area contributed by atoms with Gasteiger partial charge >= 0.3 is 6.18 Å². The van der Waals surface area contributed by atoms with Gasteiger partial charge in [0.1, 0.15) is 6.04 Å². The van der Waals surface area contributed by atoms with Crippen LogP contribution in [0.25, 0.3) is 0 Å². The molecule has 0 spiro atoms. The zero-order valence-corrected chi connectivity index (χ0v) is 15.0. The van der Waals surface area contributed by atoms with Gasteiger partial charge in [0.25, 0.3) is 0 Å². The molecule has 0 aliphatic carbocycles. The van der Waals surface area contributed by atoms with Crippen molar-refractivity contribution in [2.75, 3.05) is 39.8 Å². The predicted octanol–water partition coefficient (Wildman–Crippen LogP) is 1.04. The van der Waals surface area contributed by atoms with Crippen molar-refractivity contribution in [2.24, 2.45) is 4.99 Å². The Bertz CT molecular complexity index is 451. The van der Waals surface area contributed by atoms with Crippen molar-refractivity contribution < 1.29 is 18.0 Å². The maximum Gasteiger partial charge on any atom is 0.403 e. The Balaban J connectivity index is 2.48. The van der Waals surface area contributed by atoms with E-state index in [2.05, 4.69) is 15.6 Å². The van der Waals surface area contributed by atoms with Crippen molar-refractivity contribution in [3.8, 4) is 0 Å². The number of nitrogens with zero attached hydrogens (tertiary/aromatic N) is 3. The number of amides is 1. The minimum atomic E-state index is -4.22. The molecule has 1 amide bonds. The van der Waals surface area contributed by atoms with E-state index in [-0.39, 0.29) is 18.0 Å². The second-order valence-electron chi connectivity index (χ2n) is 6.94. The number of piperazine rings is 1. The summed E-state index contributed by atoms with van der Waals surface area (Å²) in [5.74, 6) is 0.367. The zero-order valence-electron chi connectivity index (χ0n) is 15.0. The highest BCUT2D eigenvalue weighted by molar-refractivity contribution is 5.86. The molecule has 0 aromatic carbocycles. The minimum Gasteiger partial charge on any atom is -0.350 e. The smallest absolute Gasteiger partial charge is 0.350 e. The van der Waals surface area contributed by atoms with Gasteiger partial charge in [-0.25, -0.2) is 0 Å². The number of carbonyl (C=O) groups is 1. The number of guanidine groups is 1. The number of hydrogen-bond acceptors (Lipinski definition) is 3. The van der Waals surface area contributed by atoms with Crippen LogP contribution in [-0.2, 0) is 4.79 Å². The molecule has 1 heterocycles. The summed E-state index contributed by atoms with van der Waals surface area (Å²) in [5, 5.41) is 5.79. The van der Waals surface area contributed by atoms with E-state index in [1.807, 2.05) is 25.7 Å². The van der Waals surface area contributed by atoms with Crippen molar-refractivity contribution in [2.45, 2.75) is 45.5 Å². The molecule has 140 valence electrons. The second-order valence-corrected chi connectivity index (χ2v) is 6.94. The van der Waals surface area contributed by atoms with Crippen LogP contribution in [-0.4, -0.2) is 79.2 Å². The first kappa shape index (κ1) is 20.5. The predicted molar refractivity (Wildman–Crippen MR) is 87.9 cm³/mol. The van der Waals surface area contributed by atoms with Crippen LogP contribution in [0.1, 0.15) is 27.7 Å². The highest BCUT2D eigenvalue weighted by Gasteiger charge is 2.41. The largest absolute Gasteiger partial charge is 0.403 e. The lowest BCUT2D eigenvalue weighted by Gasteiger charge is -2.39. The van der Waals surface area contributed by atoms with E-state index in [1.165, 1.54) is 11.8 Å². The Morgan fingerprint density at radius 3 is 2.12 bits per heavy atom. The molecule has 1 unspecified atom stereocenters. The van der Waals surface area contributed by atoms with Gasteiger partial charge in [0.05, 0.1) is 6.54 Å². The number of hydrogen-bond donors (Lipinski definition) is 2. The van der Waals surface area contributed by atoms with E-state index >= 15 is 0 Å². The van der Waals surface area contributed by atoms with Gasteiger partial charge < -0.3 is 15.5 Å². The molecular formula is C15H28F3N5O. The molecule has 0 aromatic heterocycles. The number of alkyl halides is 3. The average molecular weight is 351 g/mol. The van der Waals surface area contributed by atoms with Crippen molar-refractivity contribution >= 4 is 11.9 Å². The highest BCUT2D eigenvalue weighted by atomic mass is 19.4. The summed E-state index contributed by atoms with van der Waals surface area (Å²) in [6.45, 7) is 8.39. The summed E-state index contributed by atoms with van der Waals surface area (Å²) in [6, 6.07) is -1.45. The van der Waals surface area contributed by atoms with Crippen LogP contribution in [0.3, 0.4) is 0 Å². The maximum absolute atomic E-state index is 12.8. The average Bonchev–Trinajstić information content (AvgIpc) is 2.45. The molecular weight excluding hydrogens is 323 g/mol. The molecule has 1 saturated heterocycles. The zero-order chi connectivity index (χ0) is 18.5. The lowest BCUT2D eigenvalue weighted by molar-refractivity contribution is -0.181. The van der Waals surface area contributed by atoms with Crippen LogP contribution in [0.4, 0.5) is 13.2 Å². The van der Waals surface area contributed by atoms with E-state index in [0.717, 1.165) is 0 Å². The van der Waals surface area contributed by atoms with Gasteiger partial charge in [-0.05, 0) is 27.7 Å². The lowest BCUT2D eigenvalue weighted by Crippen LogP contribution is -2.57. The number of nitrogens with one attached hydrogen (secondary N) is 2. The van der Waals surface area contributed by atoms with Crippen molar-refractivity contribution in [3.05, 3.63) is 0 Å². The van der Waals surface area contributed by atoms with Gasteiger partial charge in [-0.15, -0.1) is 0 Å². The van der Waals surface area contributed by atoms with Gasteiger partial charge in [-0.2, -0.15) is 13.2 Å². The first-order valence-electron chi connectivity index (χ1n) is 8.01. The third-order valence-corrected chi connectivity index (χ3v) is 3.77. The molecule has 1 rings (SSSR count). The first-order chi connectivity index (χ1) is 10.9. The summed E-state index contributed by atoms with van der Waals surface area (Å²) in [4.78, 5) is 19.2. The molecule has 0 radical (unpaired) electrons. The summed E-state index contributed by atoms with van der Waals surface area (Å²) in [7, 11) is 1.59. The van der Waals surface area contributed by atoms with E-state index < -0.39 is 12.2 Å². The molecule has 24 heavy (non-hydrogen) atoms. The van der Waals surface area contributed by atoms with Crippen molar-refractivity contribution in [3.63, 3.8) is 0 Å². The quantitative estimate of drug-likeness (QED) is 0.589. The molecule has 1 fully saturated rings. The number of rotatable bonds is 3. The van der Waals surface area contributed by atoms with Crippen molar-refractivity contribution in [1.29, 1.82) is 0 Å². The van der Waals surface area contributed by atoms with E-state index in [1.54, 1.807) is 7.05 Å². The SMILES string of the molecule is CN=C(NCC(=O)NC(C)(C)C)N1CCN(C(C)C(F)(F)F)CC1. The van der Waals surface area contributed by atoms with Gasteiger partial charge in [-0.1, -0.05) is 0 Å². The monoisotopic (exact) mass is 351 g/mol. The van der Waals surface area contributed by atoms with Gasteiger partial charge in [0, 0.05) is 38.8 Å². The maximum atomic E-state index is 12.8. The van der Waals surface area contributed by atoms with Crippen LogP contribution < -0.4 is 10.6 Å². The van der Waals surface area contributed by atoms with Crippen molar-refractivity contribution in [1.82, 2.24) is 20.4 Å². The normalized spacial score (nSPS) is 19.2. The van der Waals surface area contributed by atoms with E-state index in [9.17, 15) is 18.0 Å². The standard InChI is InChI=1S/C15H28F3N5O/c1-11(15(16,17)18)22-6-8-23(9-7-22)13(19-5)20-10-12(24)21-14(2,3)4/h11H,6-10H2,1-5H3,(H,19,20)(H,21,24). The molecule has 0 aromatic rings. The molecule has 6 nitrogen and oxygen atoms in total. The molecule has 2 N–H and O–H groups in total. The fraction of sp³-hybridized carbons (Fsp3) is 0.867. The Hall–Kier alpha value is -1.51. The van der Waals surface area contributed by atoms with Crippen LogP contribution >= 0.6 is 0 Å². The molecule has 1 aliphatic rings. The lowest BCUT2D eigenvalue weighted by atomic mass is 10.1. The molecule has 1 aliphatic heterocycles. The number of aliphatic imine (C=N–C) groups is 1. The number of halogens is 3. The third kappa shape index (κ3) is 6.54. The topological polar surface area (TPSA) is 60.0 Å². The Kier molecular flexibility index (Phi) is 6.88. The fourth-order valence-electron chi connectivity index (χ4n) is 2.48. The molecule has 9 heteroatoms. The summed E-state index contributed by atoms with van der Waals surface area (Å²) >= 11 is 0. The van der Waals surface area contributed by atoms with E-state index in [0.29, 0.717) is 32.1 Å². The van der Waals surface area contributed by atoms with Crippen LogP contribution in [0.5, 0.6) is 0 Å². The van der Waals surface area contributed by atoms with Crippen LogP contribution in [0, 0.1) is 0 Å². The molecule has 0 saturated carbocycles. The van der Waals surface area contributed by atoms with Gasteiger partial charge in [0.15, 0.2) is 5.96 Å². The number of carbonyl (C=O) groups excluding carboxylic acids is 1. The molecule has 0 bridgehead atoms.